The van der Waals surface area contributed by atoms with E-state index < -0.39 is 0 Å². The van der Waals surface area contributed by atoms with E-state index >= 15 is 0 Å². The first kappa shape index (κ1) is 15.9. The van der Waals surface area contributed by atoms with E-state index in [1.807, 2.05) is 37.1 Å². The molecule has 0 amide bonds. The molecule has 6 nitrogen and oxygen atoms in total. The Morgan fingerprint density at radius 2 is 2.17 bits per heavy atom. The lowest BCUT2D eigenvalue weighted by molar-refractivity contribution is 0.0339. The van der Waals surface area contributed by atoms with E-state index in [0.717, 1.165) is 48.6 Å². The molecule has 0 saturated heterocycles. The van der Waals surface area contributed by atoms with Crippen LogP contribution in [0.15, 0.2) is 18.5 Å². The lowest BCUT2D eigenvalue weighted by Gasteiger charge is -2.38. The van der Waals surface area contributed by atoms with Gasteiger partial charge in [-0.05, 0) is 32.1 Å². The van der Waals surface area contributed by atoms with E-state index in [1.165, 1.54) is 0 Å². The van der Waals surface area contributed by atoms with Crippen LogP contribution < -0.4 is 5.32 Å². The maximum Gasteiger partial charge on any atom is 0.130 e. The van der Waals surface area contributed by atoms with Crippen LogP contribution >= 0.6 is 0 Å². The molecule has 1 aliphatic carbocycles. The van der Waals surface area contributed by atoms with Crippen LogP contribution in [0.2, 0.25) is 0 Å². The third-order valence-electron chi connectivity index (χ3n) is 4.38. The molecule has 3 rings (SSSR count). The highest BCUT2D eigenvalue weighted by molar-refractivity contribution is 5.39. The molecule has 124 valence electrons. The Kier molecular flexibility index (Phi) is 4.61. The van der Waals surface area contributed by atoms with Crippen LogP contribution in [0.4, 0.5) is 5.82 Å². The van der Waals surface area contributed by atoms with Crippen LogP contribution in [-0.4, -0.2) is 31.0 Å². The first-order valence-electron chi connectivity index (χ1n) is 8.33. The van der Waals surface area contributed by atoms with Crippen molar-refractivity contribution in [1.29, 1.82) is 0 Å². The number of hydrogen-bond acceptors (Lipinski definition) is 5. The average Bonchev–Trinajstić information content (AvgIpc) is 2.88. The minimum Gasteiger partial charge on any atom is -0.393 e. The molecule has 0 aliphatic heterocycles. The Morgan fingerprint density at radius 3 is 2.78 bits per heavy atom. The van der Waals surface area contributed by atoms with Gasteiger partial charge in [0.25, 0.3) is 0 Å². The molecule has 1 atom stereocenters. The second-order valence-electron chi connectivity index (χ2n) is 6.52. The topological polar surface area (TPSA) is 75.9 Å². The number of aliphatic hydroxyl groups excluding tert-OH is 1. The molecule has 1 aliphatic rings. The lowest BCUT2D eigenvalue weighted by Crippen LogP contribution is -2.36. The number of rotatable bonds is 6. The minimum atomic E-state index is -0.177. The van der Waals surface area contributed by atoms with Crippen molar-refractivity contribution < 1.29 is 5.11 Å². The van der Waals surface area contributed by atoms with Gasteiger partial charge in [0.05, 0.1) is 18.3 Å². The Bertz CT molecular complexity index is 663. The van der Waals surface area contributed by atoms with Crippen LogP contribution in [0.5, 0.6) is 0 Å². The number of hydrogen-bond donors (Lipinski definition) is 2. The van der Waals surface area contributed by atoms with Crippen molar-refractivity contribution in [2.24, 2.45) is 13.0 Å². The lowest BCUT2D eigenvalue weighted by atomic mass is 9.75. The molecular weight excluding hydrogens is 290 g/mol. The molecule has 23 heavy (non-hydrogen) atoms. The number of aliphatic hydroxyl groups is 1. The minimum absolute atomic E-state index is 0.121. The van der Waals surface area contributed by atoms with Crippen molar-refractivity contribution >= 4 is 5.82 Å². The zero-order valence-corrected chi connectivity index (χ0v) is 14.0. The standard InChI is InChI=1S/C17H25N5O/c1-4-5-15-19-11(2)6-16(20-15)21-17(12-7-14(23)8-12)13-9-18-22(3)10-13/h6,9-10,12,14,17,23H,4-5,7-8H2,1-3H3,(H,19,20,21)/t12?,14?,17-/m0/s1. The van der Waals surface area contributed by atoms with E-state index in [2.05, 4.69) is 27.3 Å². The monoisotopic (exact) mass is 315 g/mol. The first-order valence-corrected chi connectivity index (χ1v) is 8.33. The second-order valence-corrected chi connectivity index (χ2v) is 6.52. The third kappa shape index (κ3) is 3.69. The molecule has 2 aromatic heterocycles. The summed E-state index contributed by atoms with van der Waals surface area (Å²) in [6.07, 6.45) is 7.30. The molecular formula is C17H25N5O. The quantitative estimate of drug-likeness (QED) is 0.856. The van der Waals surface area contributed by atoms with Crippen LogP contribution in [0, 0.1) is 12.8 Å². The van der Waals surface area contributed by atoms with Gasteiger partial charge in [0.1, 0.15) is 11.6 Å². The fourth-order valence-corrected chi connectivity index (χ4v) is 3.17. The van der Waals surface area contributed by atoms with E-state index in [4.69, 9.17) is 0 Å². The van der Waals surface area contributed by atoms with Crippen molar-refractivity contribution in [1.82, 2.24) is 19.7 Å². The molecule has 0 unspecified atom stereocenters. The fourth-order valence-electron chi connectivity index (χ4n) is 3.17. The van der Waals surface area contributed by atoms with Gasteiger partial charge in [0, 0.05) is 37.0 Å². The summed E-state index contributed by atoms with van der Waals surface area (Å²) in [4.78, 5) is 9.13. The Hall–Kier alpha value is -1.95. The van der Waals surface area contributed by atoms with E-state index in [-0.39, 0.29) is 12.1 Å². The van der Waals surface area contributed by atoms with E-state index in [0.29, 0.717) is 5.92 Å². The van der Waals surface area contributed by atoms with Gasteiger partial charge in [-0.3, -0.25) is 4.68 Å². The third-order valence-corrected chi connectivity index (χ3v) is 4.38. The molecule has 0 bridgehead atoms. The van der Waals surface area contributed by atoms with Gasteiger partial charge >= 0.3 is 0 Å². The van der Waals surface area contributed by atoms with Crippen molar-refractivity contribution in [2.45, 2.75) is 51.7 Å². The Balaban J connectivity index is 1.83. The van der Waals surface area contributed by atoms with Crippen molar-refractivity contribution in [2.75, 3.05) is 5.32 Å². The van der Waals surface area contributed by atoms with Gasteiger partial charge in [-0.25, -0.2) is 9.97 Å². The van der Waals surface area contributed by atoms with Gasteiger partial charge in [0.2, 0.25) is 0 Å². The summed E-state index contributed by atoms with van der Waals surface area (Å²) in [5.41, 5.74) is 2.11. The molecule has 0 aromatic carbocycles. The number of nitrogens with one attached hydrogen (secondary N) is 1. The molecule has 6 heteroatoms. The number of anilines is 1. The number of nitrogens with zero attached hydrogens (tertiary/aromatic N) is 4. The number of aromatic nitrogens is 4. The highest BCUT2D eigenvalue weighted by atomic mass is 16.3. The second kappa shape index (κ2) is 6.66. The summed E-state index contributed by atoms with van der Waals surface area (Å²) in [7, 11) is 1.92. The molecule has 1 fully saturated rings. The summed E-state index contributed by atoms with van der Waals surface area (Å²) in [6, 6.07) is 2.10. The molecule has 1 saturated carbocycles. The smallest absolute Gasteiger partial charge is 0.130 e. The van der Waals surface area contributed by atoms with Crippen molar-refractivity contribution in [3.63, 3.8) is 0 Å². The average molecular weight is 315 g/mol. The normalized spacial score (nSPS) is 21.7. The molecule has 2 aromatic rings. The fraction of sp³-hybridized carbons (Fsp3) is 0.588. The van der Waals surface area contributed by atoms with Crippen molar-refractivity contribution in [3.05, 3.63) is 35.5 Å². The highest BCUT2D eigenvalue weighted by Gasteiger charge is 2.35. The zero-order valence-electron chi connectivity index (χ0n) is 14.0. The predicted octanol–water partition coefficient (Wildman–Crippen LogP) is 2.40. The summed E-state index contributed by atoms with van der Waals surface area (Å²) in [6.45, 7) is 4.13. The summed E-state index contributed by atoms with van der Waals surface area (Å²) in [5.74, 6) is 2.14. The number of aryl methyl sites for hydroxylation is 3. The predicted molar refractivity (Wildman–Crippen MR) is 89.1 cm³/mol. The van der Waals surface area contributed by atoms with Crippen LogP contribution in [-0.2, 0) is 13.5 Å². The SMILES string of the molecule is CCCc1nc(C)cc(N[C@H](c2cnn(C)c2)C2CC(O)C2)n1. The molecule has 2 N–H and O–H groups in total. The summed E-state index contributed by atoms with van der Waals surface area (Å²) in [5, 5.41) is 17.5. The molecule has 2 heterocycles. The summed E-state index contributed by atoms with van der Waals surface area (Å²) < 4.78 is 1.81. The highest BCUT2D eigenvalue weighted by Crippen LogP contribution is 2.39. The Morgan fingerprint density at radius 1 is 1.39 bits per heavy atom. The van der Waals surface area contributed by atoms with Gasteiger partial charge in [-0.1, -0.05) is 6.92 Å². The maximum absolute atomic E-state index is 9.67. The van der Waals surface area contributed by atoms with Gasteiger partial charge in [-0.15, -0.1) is 0 Å². The van der Waals surface area contributed by atoms with Gasteiger partial charge in [-0.2, -0.15) is 5.10 Å². The van der Waals surface area contributed by atoms with Crippen LogP contribution in [0.25, 0.3) is 0 Å². The molecule has 0 spiro atoms. The Labute approximate surface area is 137 Å². The van der Waals surface area contributed by atoms with Crippen LogP contribution in [0.3, 0.4) is 0 Å². The first-order chi connectivity index (χ1) is 11.0. The maximum atomic E-state index is 9.67. The largest absolute Gasteiger partial charge is 0.393 e. The van der Waals surface area contributed by atoms with Crippen LogP contribution in [0.1, 0.15) is 49.3 Å². The van der Waals surface area contributed by atoms with E-state index in [9.17, 15) is 5.11 Å². The zero-order chi connectivity index (χ0) is 16.4. The molecule has 0 radical (unpaired) electrons. The summed E-state index contributed by atoms with van der Waals surface area (Å²) >= 11 is 0. The van der Waals surface area contributed by atoms with E-state index in [1.54, 1.807) is 0 Å². The van der Waals surface area contributed by atoms with Gasteiger partial charge < -0.3 is 10.4 Å². The van der Waals surface area contributed by atoms with Gasteiger partial charge in [0.15, 0.2) is 0 Å². The van der Waals surface area contributed by atoms with Crippen molar-refractivity contribution in [3.8, 4) is 0 Å².